The number of hydrogen-bond acceptors (Lipinski definition) is 5. The summed E-state index contributed by atoms with van der Waals surface area (Å²) in [7, 11) is 1.22. The van der Waals surface area contributed by atoms with Gasteiger partial charge in [-0.15, -0.1) is 0 Å². The Kier molecular flexibility index (Phi) is 8.85. The fraction of sp³-hybridized carbons (Fsp3) is 0.474. The van der Waals surface area contributed by atoms with Gasteiger partial charge in [0.2, 0.25) is 11.8 Å². The highest BCUT2D eigenvalue weighted by Gasteiger charge is 2.27. The third kappa shape index (κ3) is 6.93. The highest BCUT2D eigenvalue weighted by Crippen LogP contribution is 2.12. The van der Waals surface area contributed by atoms with Crippen molar-refractivity contribution in [3.05, 3.63) is 35.9 Å². The average molecular weight is 359 g/mol. The molecule has 26 heavy (non-hydrogen) atoms. The van der Waals surface area contributed by atoms with Crippen molar-refractivity contribution in [3.63, 3.8) is 0 Å². The molecule has 0 aromatic heterocycles. The van der Waals surface area contributed by atoms with Crippen molar-refractivity contribution in [1.82, 2.24) is 10.6 Å². The van der Waals surface area contributed by atoms with Gasteiger partial charge in [-0.3, -0.25) is 9.59 Å². The first-order chi connectivity index (χ1) is 12.4. The number of rotatable bonds is 9. The van der Waals surface area contributed by atoms with Crippen LogP contribution in [0.25, 0.3) is 0 Å². The summed E-state index contributed by atoms with van der Waals surface area (Å²) in [5, 5.41) is 14.1. The zero-order chi connectivity index (χ0) is 19.5. The fourth-order valence-corrected chi connectivity index (χ4v) is 2.43. The molecule has 1 aromatic rings. The molecular weight excluding hydrogens is 334 g/mol. The minimum Gasteiger partial charge on any atom is -0.467 e. The van der Waals surface area contributed by atoms with E-state index >= 15 is 0 Å². The summed E-state index contributed by atoms with van der Waals surface area (Å²) >= 11 is 0. The number of carbonyl (C=O) groups excluding carboxylic acids is 3. The molecule has 0 saturated carbocycles. The van der Waals surface area contributed by atoms with Crippen LogP contribution in [0.15, 0.2) is 30.3 Å². The molecule has 0 unspecified atom stereocenters. The molecule has 0 radical (unpaired) electrons. The fourth-order valence-electron chi connectivity index (χ4n) is 2.43. The monoisotopic (exact) mass is 359 g/mol. The topological polar surface area (TPSA) is 108 Å². The van der Waals surface area contributed by atoms with Crippen LogP contribution in [0, 0.1) is 17.2 Å². The van der Waals surface area contributed by atoms with Crippen LogP contribution >= 0.6 is 0 Å². The number of nitrogens with one attached hydrogen (secondary N) is 2. The molecule has 0 aliphatic rings. The van der Waals surface area contributed by atoms with Crippen molar-refractivity contribution < 1.29 is 19.1 Å². The third-order valence-electron chi connectivity index (χ3n) is 4.01. The molecule has 7 nitrogen and oxygen atoms in total. The number of amides is 2. The van der Waals surface area contributed by atoms with Crippen LogP contribution in [0.4, 0.5) is 0 Å². The molecule has 0 fully saturated rings. The van der Waals surface area contributed by atoms with E-state index in [0.717, 1.165) is 5.56 Å². The van der Waals surface area contributed by atoms with E-state index in [2.05, 4.69) is 15.4 Å². The molecule has 140 valence electrons. The maximum absolute atomic E-state index is 12.1. The van der Waals surface area contributed by atoms with Gasteiger partial charge in [0.1, 0.15) is 6.04 Å². The molecule has 0 aliphatic heterocycles. The molecule has 1 rings (SSSR count). The normalized spacial score (nSPS) is 13.6. The number of nitrogens with zero attached hydrogens (tertiary/aromatic N) is 1. The lowest BCUT2D eigenvalue weighted by Crippen LogP contribution is -2.46. The van der Waals surface area contributed by atoms with Crippen molar-refractivity contribution in [3.8, 4) is 6.07 Å². The van der Waals surface area contributed by atoms with E-state index in [1.165, 1.54) is 7.11 Å². The zero-order valence-electron chi connectivity index (χ0n) is 15.3. The summed E-state index contributed by atoms with van der Waals surface area (Å²) in [6.45, 7) is 3.55. The predicted molar refractivity (Wildman–Crippen MR) is 95.6 cm³/mol. The van der Waals surface area contributed by atoms with Gasteiger partial charge in [-0.2, -0.15) is 5.26 Å². The van der Waals surface area contributed by atoms with E-state index < -0.39 is 17.9 Å². The largest absolute Gasteiger partial charge is 0.467 e. The lowest BCUT2D eigenvalue weighted by atomic mass is 9.98. The standard InChI is InChI=1S/C19H25N3O4/c1-13(11-12-20)18(19(25)26-3)22-17(24)10-9-16(23)21-14(2)15-7-5-4-6-8-15/h4-8,13-14,18H,9-11H2,1-3H3,(H,21,23)(H,22,24)/t13-,14-,18+/m1/s1. The summed E-state index contributed by atoms with van der Waals surface area (Å²) in [5.41, 5.74) is 0.974. The van der Waals surface area contributed by atoms with Gasteiger partial charge >= 0.3 is 5.97 Å². The first-order valence-corrected chi connectivity index (χ1v) is 8.47. The van der Waals surface area contributed by atoms with Gasteiger partial charge in [-0.1, -0.05) is 37.3 Å². The van der Waals surface area contributed by atoms with Crippen LogP contribution in [0.2, 0.25) is 0 Å². The first-order valence-electron chi connectivity index (χ1n) is 8.47. The second kappa shape index (κ2) is 10.9. The number of methoxy groups -OCH3 is 1. The van der Waals surface area contributed by atoms with Gasteiger partial charge in [0, 0.05) is 25.2 Å². The van der Waals surface area contributed by atoms with E-state index in [1.807, 2.05) is 43.3 Å². The number of esters is 1. The summed E-state index contributed by atoms with van der Waals surface area (Å²) in [6.07, 6.45) is 0.0543. The molecular formula is C19H25N3O4. The van der Waals surface area contributed by atoms with E-state index in [4.69, 9.17) is 5.26 Å². The highest BCUT2D eigenvalue weighted by molar-refractivity contribution is 5.87. The van der Waals surface area contributed by atoms with E-state index in [1.54, 1.807) is 6.92 Å². The van der Waals surface area contributed by atoms with Gasteiger partial charge in [0.15, 0.2) is 0 Å². The second-order valence-corrected chi connectivity index (χ2v) is 6.11. The lowest BCUT2D eigenvalue weighted by Gasteiger charge is -2.21. The van der Waals surface area contributed by atoms with Gasteiger partial charge in [-0.25, -0.2) is 4.79 Å². The van der Waals surface area contributed by atoms with Crippen molar-refractivity contribution in [2.45, 2.75) is 45.2 Å². The highest BCUT2D eigenvalue weighted by atomic mass is 16.5. The SMILES string of the molecule is COC(=O)[C@@H](NC(=O)CCC(=O)N[C@H](C)c1ccccc1)[C@H](C)CC#N. The van der Waals surface area contributed by atoms with Crippen molar-refractivity contribution in [2.75, 3.05) is 7.11 Å². The molecule has 0 spiro atoms. The minimum atomic E-state index is -0.904. The Morgan fingerprint density at radius 1 is 1.08 bits per heavy atom. The molecule has 3 atom stereocenters. The molecule has 0 bridgehead atoms. The zero-order valence-corrected chi connectivity index (χ0v) is 15.3. The van der Waals surface area contributed by atoms with Gasteiger partial charge < -0.3 is 15.4 Å². The van der Waals surface area contributed by atoms with E-state index in [-0.39, 0.29) is 37.1 Å². The van der Waals surface area contributed by atoms with Gasteiger partial charge in [-0.05, 0) is 12.5 Å². The number of hydrogen-bond donors (Lipinski definition) is 2. The number of carbonyl (C=O) groups is 3. The molecule has 2 amide bonds. The van der Waals surface area contributed by atoms with Gasteiger partial charge in [0.05, 0.1) is 19.2 Å². The van der Waals surface area contributed by atoms with E-state index in [0.29, 0.717) is 0 Å². The number of benzene rings is 1. The van der Waals surface area contributed by atoms with Crippen LogP contribution in [-0.2, 0) is 19.1 Å². The quantitative estimate of drug-likeness (QED) is 0.654. The van der Waals surface area contributed by atoms with E-state index in [9.17, 15) is 14.4 Å². The predicted octanol–water partition coefficient (Wildman–Crippen LogP) is 1.85. The Labute approximate surface area is 153 Å². The first kappa shape index (κ1) is 21.2. The Balaban J connectivity index is 2.49. The van der Waals surface area contributed by atoms with Crippen molar-refractivity contribution in [2.24, 2.45) is 5.92 Å². The number of ether oxygens (including phenoxy) is 1. The van der Waals surface area contributed by atoms with Crippen molar-refractivity contribution in [1.29, 1.82) is 5.26 Å². The van der Waals surface area contributed by atoms with Crippen LogP contribution in [-0.4, -0.2) is 30.9 Å². The molecule has 0 aliphatic carbocycles. The van der Waals surface area contributed by atoms with Crippen LogP contribution in [0.1, 0.15) is 44.7 Å². The van der Waals surface area contributed by atoms with Crippen LogP contribution < -0.4 is 10.6 Å². The molecule has 2 N–H and O–H groups in total. The van der Waals surface area contributed by atoms with Crippen LogP contribution in [0.3, 0.4) is 0 Å². The number of nitriles is 1. The van der Waals surface area contributed by atoms with Gasteiger partial charge in [0.25, 0.3) is 0 Å². The summed E-state index contributed by atoms with van der Waals surface area (Å²) in [5.74, 6) is -1.68. The second-order valence-electron chi connectivity index (χ2n) is 6.11. The Bertz CT molecular complexity index is 654. The lowest BCUT2D eigenvalue weighted by molar-refractivity contribution is -0.146. The third-order valence-corrected chi connectivity index (χ3v) is 4.01. The minimum absolute atomic E-state index is 0.00350. The van der Waals surface area contributed by atoms with Crippen molar-refractivity contribution >= 4 is 17.8 Å². The molecule has 0 saturated heterocycles. The summed E-state index contributed by atoms with van der Waals surface area (Å²) < 4.78 is 4.67. The Hall–Kier alpha value is -2.88. The molecule has 1 aromatic carbocycles. The maximum Gasteiger partial charge on any atom is 0.328 e. The maximum atomic E-state index is 12.1. The molecule has 0 heterocycles. The summed E-state index contributed by atoms with van der Waals surface area (Å²) in [4.78, 5) is 35.9. The Morgan fingerprint density at radius 2 is 1.65 bits per heavy atom. The smallest absolute Gasteiger partial charge is 0.328 e. The summed E-state index contributed by atoms with van der Waals surface area (Å²) in [6, 6.07) is 10.4. The van der Waals surface area contributed by atoms with Crippen LogP contribution in [0.5, 0.6) is 0 Å². The Morgan fingerprint density at radius 3 is 2.19 bits per heavy atom. The average Bonchev–Trinajstić information content (AvgIpc) is 2.64. The molecule has 7 heteroatoms.